The Labute approximate surface area is 108 Å². The third-order valence-electron chi connectivity index (χ3n) is 5.79. The highest BCUT2D eigenvalue weighted by molar-refractivity contribution is 5.38. The molecule has 4 aliphatic carbocycles. The van der Waals surface area contributed by atoms with Crippen LogP contribution in [0.3, 0.4) is 0 Å². The molecule has 4 rings (SSSR count). The van der Waals surface area contributed by atoms with Gasteiger partial charge in [-0.25, -0.2) is 4.39 Å². The summed E-state index contributed by atoms with van der Waals surface area (Å²) in [5.74, 6) is 1.29. The zero-order valence-corrected chi connectivity index (χ0v) is 11.7. The number of hydrogen-bond donors (Lipinski definition) is 0. The van der Waals surface area contributed by atoms with Gasteiger partial charge in [0.2, 0.25) is 0 Å². The summed E-state index contributed by atoms with van der Waals surface area (Å²) >= 11 is 0. The third kappa shape index (κ3) is 1.42. The predicted octanol–water partition coefficient (Wildman–Crippen LogP) is 3.20. The first-order valence-corrected chi connectivity index (χ1v) is 7.08. The standard InChI is InChI=1S/C15H23FO2/c1-14(2,3)12-8-5-6-9(13(12)18-7-17)11-10(8)15(11,4)16/h7-13H,5-6H2,1-4H3. The minimum atomic E-state index is -1.02. The van der Waals surface area contributed by atoms with Gasteiger partial charge in [-0.05, 0) is 31.1 Å². The van der Waals surface area contributed by atoms with Crippen molar-refractivity contribution in [3.8, 4) is 0 Å². The van der Waals surface area contributed by atoms with Gasteiger partial charge in [-0.2, -0.15) is 0 Å². The molecule has 102 valence electrons. The molecule has 4 aliphatic rings. The van der Waals surface area contributed by atoms with Crippen molar-refractivity contribution in [2.45, 2.75) is 52.3 Å². The maximum absolute atomic E-state index is 14.5. The lowest BCUT2D eigenvalue weighted by Crippen LogP contribution is -2.51. The summed E-state index contributed by atoms with van der Waals surface area (Å²) in [5.41, 5.74) is -0.947. The molecule has 0 heterocycles. The molecule has 7 unspecified atom stereocenters. The van der Waals surface area contributed by atoms with Gasteiger partial charge in [0.1, 0.15) is 11.8 Å². The van der Waals surface area contributed by atoms with Crippen LogP contribution >= 0.6 is 0 Å². The van der Waals surface area contributed by atoms with Crippen LogP contribution in [0.1, 0.15) is 40.5 Å². The quantitative estimate of drug-likeness (QED) is 0.707. The van der Waals surface area contributed by atoms with Gasteiger partial charge in [-0.3, -0.25) is 4.79 Å². The summed E-state index contributed by atoms with van der Waals surface area (Å²) in [6.45, 7) is 8.87. The molecule has 18 heavy (non-hydrogen) atoms. The molecule has 0 N–H and O–H groups in total. The van der Waals surface area contributed by atoms with Crippen LogP contribution in [0.5, 0.6) is 0 Å². The van der Waals surface area contributed by atoms with Gasteiger partial charge in [0.05, 0.1) is 0 Å². The second-order valence-corrected chi connectivity index (χ2v) is 7.70. The van der Waals surface area contributed by atoms with E-state index in [4.69, 9.17) is 4.74 Å². The summed E-state index contributed by atoms with van der Waals surface area (Å²) in [7, 11) is 0. The minimum absolute atomic E-state index is 0.0694. The molecular formula is C15H23FO2. The van der Waals surface area contributed by atoms with E-state index in [0.29, 0.717) is 18.3 Å². The highest BCUT2D eigenvalue weighted by atomic mass is 19.1. The van der Waals surface area contributed by atoms with Crippen LogP contribution in [-0.4, -0.2) is 18.2 Å². The van der Waals surface area contributed by atoms with Crippen LogP contribution in [-0.2, 0) is 9.53 Å². The number of halogens is 1. The third-order valence-corrected chi connectivity index (χ3v) is 5.79. The summed E-state index contributed by atoms with van der Waals surface area (Å²) < 4.78 is 19.9. The maximum atomic E-state index is 14.5. The molecule has 0 amide bonds. The Morgan fingerprint density at radius 1 is 1.22 bits per heavy atom. The maximum Gasteiger partial charge on any atom is 0.293 e. The normalized spacial score (nSPS) is 53.8. The van der Waals surface area contributed by atoms with E-state index in [1.54, 1.807) is 6.92 Å². The van der Waals surface area contributed by atoms with Gasteiger partial charge in [-0.15, -0.1) is 0 Å². The fourth-order valence-electron chi connectivity index (χ4n) is 5.33. The number of rotatable bonds is 2. The smallest absolute Gasteiger partial charge is 0.293 e. The monoisotopic (exact) mass is 254 g/mol. The molecule has 0 radical (unpaired) electrons. The molecule has 0 saturated heterocycles. The SMILES string of the molecule is CC(C)(C)C1C2CCC(C1OC=O)C1C2C1(C)F. The first kappa shape index (κ1) is 12.4. The second kappa shape index (κ2) is 3.49. The van der Waals surface area contributed by atoms with E-state index < -0.39 is 5.67 Å². The van der Waals surface area contributed by atoms with Crippen molar-refractivity contribution in [2.24, 2.45) is 35.0 Å². The molecule has 3 heteroatoms. The van der Waals surface area contributed by atoms with Crippen LogP contribution < -0.4 is 0 Å². The molecule has 0 spiro atoms. The van der Waals surface area contributed by atoms with E-state index in [-0.39, 0.29) is 29.3 Å². The van der Waals surface area contributed by atoms with E-state index >= 15 is 0 Å². The summed E-state index contributed by atoms with van der Waals surface area (Å²) in [6, 6.07) is 0. The van der Waals surface area contributed by atoms with Crippen LogP contribution in [0.25, 0.3) is 0 Å². The Bertz CT molecular complexity index is 371. The van der Waals surface area contributed by atoms with Crippen molar-refractivity contribution in [1.29, 1.82) is 0 Å². The average molecular weight is 254 g/mol. The fraction of sp³-hybridized carbons (Fsp3) is 0.933. The van der Waals surface area contributed by atoms with E-state index in [9.17, 15) is 9.18 Å². The predicted molar refractivity (Wildman–Crippen MR) is 66.6 cm³/mol. The van der Waals surface area contributed by atoms with E-state index in [2.05, 4.69) is 20.8 Å². The van der Waals surface area contributed by atoms with Crippen LogP contribution in [0.15, 0.2) is 0 Å². The summed E-state index contributed by atoms with van der Waals surface area (Å²) in [5, 5.41) is 0. The van der Waals surface area contributed by atoms with E-state index in [1.807, 2.05) is 0 Å². The van der Waals surface area contributed by atoms with Crippen molar-refractivity contribution in [3.63, 3.8) is 0 Å². The average Bonchev–Trinajstić information content (AvgIpc) is 2.84. The molecule has 0 aromatic heterocycles. The topological polar surface area (TPSA) is 26.3 Å². The molecule has 0 aromatic carbocycles. The molecule has 2 bridgehead atoms. The lowest BCUT2D eigenvalue weighted by atomic mass is 9.56. The fourth-order valence-corrected chi connectivity index (χ4v) is 5.33. The van der Waals surface area contributed by atoms with Crippen molar-refractivity contribution in [3.05, 3.63) is 0 Å². The highest BCUT2D eigenvalue weighted by Gasteiger charge is 2.76. The van der Waals surface area contributed by atoms with Crippen molar-refractivity contribution in [2.75, 3.05) is 0 Å². The molecule has 4 fully saturated rings. The first-order chi connectivity index (χ1) is 8.30. The van der Waals surface area contributed by atoms with Gasteiger partial charge in [0.25, 0.3) is 6.47 Å². The number of ether oxygens (including phenoxy) is 1. The Hall–Kier alpha value is -0.600. The number of hydrogen-bond acceptors (Lipinski definition) is 2. The number of carbonyl (C=O) groups excluding carboxylic acids is 1. The van der Waals surface area contributed by atoms with E-state index in [1.165, 1.54) is 0 Å². The zero-order chi connectivity index (χ0) is 13.3. The summed E-state index contributed by atoms with van der Waals surface area (Å²) in [6.07, 6.45) is 2.06. The lowest BCUT2D eigenvalue weighted by Gasteiger charge is -2.51. The largest absolute Gasteiger partial charge is 0.464 e. The Balaban J connectivity index is 1.96. The van der Waals surface area contributed by atoms with E-state index in [0.717, 1.165) is 12.8 Å². The number of alkyl halides is 1. The van der Waals surface area contributed by atoms with Gasteiger partial charge >= 0.3 is 0 Å². The number of carbonyl (C=O) groups is 1. The van der Waals surface area contributed by atoms with Crippen LogP contribution in [0, 0.1) is 35.0 Å². The van der Waals surface area contributed by atoms with Crippen molar-refractivity contribution < 1.29 is 13.9 Å². The van der Waals surface area contributed by atoms with Crippen LogP contribution in [0.4, 0.5) is 4.39 Å². The van der Waals surface area contributed by atoms with Gasteiger partial charge in [-0.1, -0.05) is 20.8 Å². The lowest BCUT2D eigenvalue weighted by molar-refractivity contribution is -0.160. The minimum Gasteiger partial charge on any atom is -0.464 e. The Morgan fingerprint density at radius 2 is 1.78 bits per heavy atom. The Morgan fingerprint density at radius 3 is 2.33 bits per heavy atom. The Kier molecular flexibility index (Phi) is 2.41. The highest BCUT2D eigenvalue weighted by Crippen LogP contribution is 2.73. The molecule has 4 saturated carbocycles. The van der Waals surface area contributed by atoms with Gasteiger partial charge < -0.3 is 4.74 Å². The van der Waals surface area contributed by atoms with Gasteiger partial charge in [0, 0.05) is 23.7 Å². The van der Waals surface area contributed by atoms with Crippen LogP contribution in [0.2, 0.25) is 0 Å². The summed E-state index contributed by atoms with van der Waals surface area (Å²) in [4.78, 5) is 10.8. The molecule has 2 nitrogen and oxygen atoms in total. The molecule has 0 aliphatic heterocycles. The first-order valence-electron chi connectivity index (χ1n) is 7.08. The molecule has 7 atom stereocenters. The second-order valence-electron chi connectivity index (χ2n) is 7.70. The van der Waals surface area contributed by atoms with Crippen molar-refractivity contribution in [1.82, 2.24) is 0 Å². The zero-order valence-electron chi connectivity index (χ0n) is 11.7. The van der Waals surface area contributed by atoms with Crippen molar-refractivity contribution >= 4 is 6.47 Å². The molecule has 0 aromatic rings. The number of fused-ring (bicyclic) bond motifs is 2. The molecular weight excluding hydrogens is 231 g/mol. The van der Waals surface area contributed by atoms with Gasteiger partial charge in [0.15, 0.2) is 0 Å².